The van der Waals surface area contributed by atoms with Gasteiger partial charge in [-0.05, 0) is 12.2 Å². The lowest BCUT2D eigenvalue weighted by Gasteiger charge is -1.90. The molecule has 0 aliphatic carbocycles. The van der Waals surface area contributed by atoms with Crippen LogP contribution in [0.25, 0.3) is 0 Å². The number of hydrogen-bond donors (Lipinski definition) is 1. The lowest BCUT2D eigenvalue weighted by atomic mass is 10.8. The first kappa shape index (κ1) is 7.43. The number of aromatic amines is 1. The van der Waals surface area contributed by atoms with Crippen LogP contribution in [0.15, 0.2) is 6.20 Å². The molecule has 1 heterocycles. The van der Waals surface area contributed by atoms with Crippen molar-refractivity contribution in [1.82, 2.24) is 4.98 Å². The van der Waals surface area contributed by atoms with E-state index in [2.05, 4.69) is 4.98 Å². The molecule has 1 N–H and O–H groups in total. The minimum Gasteiger partial charge on any atom is -0.414 e. The molecule has 0 saturated carbocycles. The number of thiazole rings is 1. The topological polar surface area (TPSA) is 42.1 Å². The van der Waals surface area contributed by atoms with Crippen LogP contribution in [0.2, 0.25) is 0 Å². The van der Waals surface area contributed by atoms with Gasteiger partial charge in [-0.2, -0.15) is 0 Å². The number of rotatable bonds is 1. The van der Waals surface area contributed by atoms with Crippen LogP contribution in [0.4, 0.5) is 0 Å². The molecule has 0 radical (unpaired) electrons. The van der Waals surface area contributed by atoms with Crippen molar-refractivity contribution in [1.29, 1.82) is 0 Å². The molecule has 54 valence electrons. The average molecular weight is 175 g/mol. The summed E-state index contributed by atoms with van der Waals surface area (Å²) in [5.74, 6) is -0.328. The largest absolute Gasteiger partial charge is 0.414 e. The summed E-state index contributed by atoms with van der Waals surface area (Å²) in [6.07, 6.45) is 1.56. The number of carbonyl (C=O) groups excluding carboxylic acids is 1. The molecule has 1 aromatic rings. The summed E-state index contributed by atoms with van der Waals surface area (Å²) in [5, 5.41) is 0.512. The van der Waals surface area contributed by atoms with E-state index in [4.69, 9.17) is 17.0 Å². The van der Waals surface area contributed by atoms with Crippen molar-refractivity contribution in [2.24, 2.45) is 0 Å². The molecule has 1 rings (SSSR count). The maximum atomic E-state index is 10.4. The van der Waals surface area contributed by atoms with E-state index >= 15 is 0 Å². The summed E-state index contributed by atoms with van der Waals surface area (Å²) < 4.78 is 5.32. The summed E-state index contributed by atoms with van der Waals surface area (Å²) in [7, 11) is 0. The van der Waals surface area contributed by atoms with Crippen molar-refractivity contribution in [3.8, 4) is 5.06 Å². The first-order valence-electron chi connectivity index (χ1n) is 2.55. The summed E-state index contributed by atoms with van der Waals surface area (Å²) in [4.78, 5) is 13.1. The number of aromatic nitrogens is 1. The lowest BCUT2D eigenvalue weighted by Crippen LogP contribution is -1.98. The molecule has 0 spiro atoms. The molecule has 0 unspecified atom stereocenters. The number of ether oxygens (including phenoxy) is 1. The predicted molar refractivity (Wildman–Crippen MR) is 40.8 cm³/mol. The van der Waals surface area contributed by atoms with Gasteiger partial charge in [-0.1, -0.05) is 11.3 Å². The number of nitrogens with one attached hydrogen (secondary N) is 1. The van der Waals surface area contributed by atoms with E-state index in [1.54, 1.807) is 6.20 Å². The van der Waals surface area contributed by atoms with Crippen molar-refractivity contribution in [3.05, 3.63) is 10.2 Å². The Morgan fingerprint density at radius 2 is 2.60 bits per heavy atom. The Balaban J connectivity index is 2.76. The zero-order valence-electron chi connectivity index (χ0n) is 5.21. The van der Waals surface area contributed by atoms with Gasteiger partial charge < -0.3 is 9.72 Å². The molecular weight excluding hydrogens is 170 g/mol. The first-order valence-corrected chi connectivity index (χ1v) is 3.78. The summed E-state index contributed by atoms with van der Waals surface area (Å²) in [6, 6.07) is 0. The van der Waals surface area contributed by atoms with Crippen molar-refractivity contribution in [2.45, 2.75) is 6.92 Å². The molecule has 0 amide bonds. The highest BCUT2D eigenvalue weighted by molar-refractivity contribution is 7.73. The third-order valence-electron chi connectivity index (χ3n) is 0.745. The molecule has 1 aromatic heterocycles. The van der Waals surface area contributed by atoms with Crippen LogP contribution < -0.4 is 4.74 Å². The summed E-state index contributed by atoms with van der Waals surface area (Å²) in [6.45, 7) is 1.35. The van der Waals surface area contributed by atoms with Crippen LogP contribution in [0, 0.1) is 3.95 Å². The Morgan fingerprint density at radius 1 is 1.90 bits per heavy atom. The molecule has 0 aliphatic rings. The number of hydrogen-bond acceptors (Lipinski definition) is 4. The second-order valence-corrected chi connectivity index (χ2v) is 3.27. The molecule has 5 heteroatoms. The molecule has 0 aromatic carbocycles. The quantitative estimate of drug-likeness (QED) is 0.522. The molecule has 10 heavy (non-hydrogen) atoms. The molecule has 0 bridgehead atoms. The van der Waals surface area contributed by atoms with Gasteiger partial charge in [0.1, 0.15) is 0 Å². The summed E-state index contributed by atoms with van der Waals surface area (Å²) >= 11 is 5.99. The molecule has 0 saturated heterocycles. The molecular formula is C5H5NO2S2. The maximum Gasteiger partial charge on any atom is 0.308 e. The number of carbonyl (C=O) groups is 1. The third kappa shape index (κ3) is 1.93. The van der Waals surface area contributed by atoms with Gasteiger partial charge in [0.05, 0.1) is 6.20 Å². The molecule has 0 aliphatic heterocycles. The van der Waals surface area contributed by atoms with E-state index in [1.807, 2.05) is 0 Å². The maximum absolute atomic E-state index is 10.4. The molecule has 3 nitrogen and oxygen atoms in total. The fourth-order valence-corrected chi connectivity index (χ4v) is 1.34. The van der Waals surface area contributed by atoms with E-state index in [0.717, 1.165) is 0 Å². The fourth-order valence-electron chi connectivity index (χ4n) is 0.460. The standard InChI is InChI=1S/C5H5NO2S2/c1-3(7)8-4-2-6-5(9)10-4/h2H,1H3,(H,6,9). The molecule has 0 atom stereocenters. The Labute approximate surface area is 66.7 Å². The van der Waals surface area contributed by atoms with Gasteiger partial charge in [0, 0.05) is 6.92 Å². The van der Waals surface area contributed by atoms with Crippen LogP contribution in [-0.2, 0) is 4.79 Å². The third-order valence-corrected chi connectivity index (χ3v) is 1.82. The smallest absolute Gasteiger partial charge is 0.308 e. The normalized spacial score (nSPS) is 9.30. The second-order valence-electron chi connectivity index (χ2n) is 1.59. The van der Waals surface area contributed by atoms with Gasteiger partial charge in [0.2, 0.25) is 5.06 Å². The minimum absolute atomic E-state index is 0.328. The van der Waals surface area contributed by atoms with E-state index in [1.165, 1.54) is 18.3 Å². The van der Waals surface area contributed by atoms with Gasteiger partial charge in [-0.15, -0.1) is 0 Å². The zero-order chi connectivity index (χ0) is 7.56. The van der Waals surface area contributed by atoms with Gasteiger partial charge in [-0.3, -0.25) is 4.79 Å². The highest BCUT2D eigenvalue weighted by atomic mass is 32.1. The predicted octanol–water partition coefficient (Wildman–Crippen LogP) is 1.73. The van der Waals surface area contributed by atoms with Gasteiger partial charge in [-0.25, -0.2) is 0 Å². The Bertz CT molecular complexity index is 288. The Hall–Kier alpha value is -0.680. The van der Waals surface area contributed by atoms with Gasteiger partial charge in [0.25, 0.3) is 0 Å². The van der Waals surface area contributed by atoms with Crippen molar-refractivity contribution in [2.75, 3.05) is 0 Å². The fraction of sp³-hybridized carbons (Fsp3) is 0.200. The van der Waals surface area contributed by atoms with Gasteiger partial charge >= 0.3 is 5.97 Å². The van der Waals surface area contributed by atoms with Gasteiger partial charge in [0.15, 0.2) is 3.95 Å². The highest BCUT2D eigenvalue weighted by Gasteiger charge is 1.97. The Morgan fingerprint density at radius 3 is 3.00 bits per heavy atom. The first-order chi connectivity index (χ1) is 4.68. The highest BCUT2D eigenvalue weighted by Crippen LogP contribution is 2.17. The molecule has 0 fully saturated rings. The average Bonchev–Trinajstić information content (AvgIpc) is 2.13. The van der Waals surface area contributed by atoms with Crippen LogP contribution in [0.1, 0.15) is 6.92 Å². The van der Waals surface area contributed by atoms with E-state index in [0.29, 0.717) is 9.02 Å². The number of H-pyrrole nitrogens is 1. The van der Waals surface area contributed by atoms with E-state index in [9.17, 15) is 4.79 Å². The van der Waals surface area contributed by atoms with Crippen molar-refractivity contribution < 1.29 is 9.53 Å². The Kier molecular flexibility index (Phi) is 2.18. The summed E-state index contributed by atoms with van der Waals surface area (Å²) in [5.41, 5.74) is 0. The van der Waals surface area contributed by atoms with E-state index < -0.39 is 0 Å². The monoisotopic (exact) mass is 175 g/mol. The lowest BCUT2D eigenvalue weighted by molar-refractivity contribution is -0.131. The van der Waals surface area contributed by atoms with Crippen molar-refractivity contribution in [3.63, 3.8) is 0 Å². The number of esters is 1. The minimum atomic E-state index is -0.328. The SMILES string of the molecule is CC(=O)Oc1c[nH]c(=S)s1. The van der Waals surface area contributed by atoms with E-state index in [-0.39, 0.29) is 5.97 Å². The second kappa shape index (κ2) is 2.94. The van der Waals surface area contributed by atoms with Crippen LogP contribution >= 0.6 is 23.6 Å². The zero-order valence-corrected chi connectivity index (χ0v) is 6.84. The van der Waals surface area contributed by atoms with Crippen LogP contribution in [-0.4, -0.2) is 11.0 Å². The van der Waals surface area contributed by atoms with Crippen molar-refractivity contribution >= 4 is 29.5 Å². The van der Waals surface area contributed by atoms with Crippen LogP contribution in [0.3, 0.4) is 0 Å². The van der Waals surface area contributed by atoms with Crippen LogP contribution in [0.5, 0.6) is 5.06 Å².